The van der Waals surface area contributed by atoms with Crippen molar-refractivity contribution in [2.24, 2.45) is 0 Å². The van der Waals surface area contributed by atoms with E-state index < -0.39 is 5.72 Å². The average molecular weight is 448 g/mol. The van der Waals surface area contributed by atoms with Crippen LogP contribution in [0.1, 0.15) is 5.56 Å². The second-order valence-electron chi connectivity index (χ2n) is 8.30. The second kappa shape index (κ2) is 7.60. The van der Waals surface area contributed by atoms with Crippen LogP contribution >= 0.6 is 0 Å². The first kappa shape index (κ1) is 20.3. The Labute approximate surface area is 195 Å². The van der Waals surface area contributed by atoms with Crippen molar-refractivity contribution in [2.45, 2.75) is 12.6 Å². The van der Waals surface area contributed by atoms with Gasteiger partial charge in [-0.05, 0) is 53.6 Å². The van der Waals surface area contributed by atoms with Crippen LogP contribution in [0, 0.1) is 6.92 Å². The van der Waals surface area contributed by atoms with E-state index in [1.807, 2.05) is 73.7 Å². The monoisotopic (exact) mass is 448 g/mol. The number of aromatic nitrogens is 3. The molecule has 6 rings (SSSR count). The molecule has 1 aliphatic carbocycles. The molecule has 34 heavy (non-hydrogen) atoms. The molecule has 1 saturated heterocycles. The van der Waals surface area contributed by atoms with Crippen LogP contribution in [0.2, 0.25) is 0 Å². The average Bonchev–Trinajstić information content (AvgIpc) is 3.42. The van der Waals surface area contributed by atoms with Crippen molar-refractivity contribution >= 4 is 28.4 Å². The summed E-state index contributed by atoms with van der Waals surface area (Å²) in [6, 6.07) is 21.8. The summed E-state index contributed by atoms with van der Waals surface area (Å²) in [6.07, 6.45) is 6.00. The number of ether oxygens (including phenoxy) is 1. The molecule has 166 valence electrons. The number of rotatable bonds is 3. The lowest BCUT2D eigenvalue weighted by Crippen LogP contribution is -2.46. The Morgan fingerprint density at radius 3 is 2.47 bits per heavy atom. The number of para-hydroxylation sites is 1. The molecule has 0 bridgehead atoms. The molecule has 1 aromatic heterocycles. The summed E-state index contributed by atoms with van der Waals surface area (Å²) < 4.78 is 7.56. The molecule has 0 radical (unpaired) electrons. The van der Waals surface area contributed by atoms with Gasteiger partial charge in [0.15, 0.2) is 17.3 Å². The number of anilines is 1. The lowest BCUT2D eigenvalue weighted by Gasteiger charge is -2.31. The molecule has 0 unspecified atom stereocenters. The zero-order valence-electron chi connectivity index (χ0n) is 18.4. The van der Waals surface area contributed by atoms with Gasteiger partial charge in [0.05, 0.1) is 5.69 Å². The van der Waals surface area contributed by atoms with Gasteiger partial charge in [0.2, 0.25) is 5.95 Å². The Balaban J connectivity index is 1.60. The Morgan fingerprint density at radius 1 is 0.912 bits per heavy atom. The molecule has 0 saturated carbocycles. The summed E-state index contributed by atoms with van der Waals surface area (Å²) >= 11 is 0. The van der Waals surface area contributed by atoms with Crippen LogP contribution in [0.5, 0.6) is 0 Å². The maximum absolute atomic E-state index is 13.1. The number of carbonyl (C=O) groups excluding carboxylic acids is 2. The fourth-order valence-electron chi connectivity index (χ4n) is 4.47. The maximum atomic E-state index is 13.1. The standard InChI is InChI=1S/C27H20N4O3/c1-18-7-2-5-12-23(18)31-26(30-24(33)17-34-27(30)15-13-20(32)14-16-27)28-25(29-31)22-11-6-9-19-8-3-4-10-21(19)22/h2-16H,17H2,1H3. The van der Waals surface area contributed by atoms with Gasteiger partial charge in [-0.1, -0.05) is 60.7 Å². The first-order valence-corrected chi connectivity index (χ1v) is 11.0. The molecule has 7 heteroatoms. The highest BCUT2D eigenvalue weighted by molar-refractivity contribution is 6.04. The summed E-state index contributed by atoms with van der Waals surface area (Å²) in [4.78, 5) is 31.3. The van der Waals surface area contributed by atoms with Gasteiger partial charge in [0.1, 0.15) is 6.61 Å². The zero-order chi connectivity index (χ0) is 23.3. The molecule has 2 heterocycles. The number of benzene rings is 3. The third-order valence-corrected chi connectivity index (χ3v) is 6.16. The molecule has 0 N–H and O–H groups in total. The highest BCUT2D eigenvalue weighted by atomic mass is 16.5. The van der Waals surface area contributed by atoms with Crippen molar-refractivity contribution in [1.29, 1.82) is 0 Å². The van der Waals surface area contributed by atoms with E-state index >= 15 is 0 Å². The van der Waals surface area contributed by atoms with E-state index in [2.05, 4.69) is 0 Å². The van der Waals surface area contributed by atoms with Gasteiger partial charge in [-0.15, -0.1) is 5.10 Å². The number of ketones is 1. The number of carbonyl (C=O) groups is 2. The molecular weight excluding hydrogens is 428 g/mol. The van der Waals surface area contributed by atoms with Crippen LogP contribution in [0.4, 0.5) is 5.95 Å². The smallest absolute Gasteiger partial charge is 0.258 e. The van der Waals surface area contributed by atoms with Crippen molar-refractivity contribution in [1.82, 2.24) is 14.8 Å². The second-order valence-corrected chi connectivity index (χ2v) is 8.30. The summed E-state index contributed by atoms with van der Waals surface area (Å²) in [7, 11) is 0. The number of allylic oxidation sites excluding steroid dienone is 2. The van der Waals surface area contributed by atoms with Crippen LogP contribution in [-0.4, -0.2) is 38.8 Å². The molecule has 1 fully saturated rings. The predicted molar refractivity (Wildman–Crippen MR) is 128 cm³/mol. The third-order valence-electron chi connectivity index (χ3n) is 6.16. The lowest BCUT2D eigenvalue weighted by atomic mass is 10.0. The van der Waals surface area contributed by atoms with Crippen LogP contribution < -0.4 is 4.90 Å². The van der Waals surface area contributed by atoms with Gasteiger partial charge in [0.25, 0.3) is 5.91 Å². The minimum atomic E-state index is -1.23. The first-order valence-electron chi connectivity index (χ1n) is 11.0. The number of amides is 1. The molecular formula is C27H20N4O3. The highest BCUT2D eigenvalue weighted by Gasteiger charge is 2.48. The quantitative estimate of drug-likeness (QED) is 0.471. The fourth-order valence-corrected chi connectivity index (χ4v) is 4.47. The molecule has 4 aromatic rings. The van der Waals surface area contributed by atoms with Gasteiger partial charge in [-0.2, -0.15) is 9.67 Å². The van der Waals surface area contributed by atoms with Gasteiger partial charge < -0.3 is 4.74 Å². The van der Waals surface area contributed by atoms with Crippen molar-refractivity contribution in [3.05, 3.63) is 96.6 Å². The molecule has 1 spiro atoms. The Kier molecular flexibility index (Phi) is 4.53. The fraction of sp³-hybridized carbons (Fsp3) is 0.111. The van der Waals surface area contributed by atoms with Crippen molar-refractivity contribution in [3.8, 4) is 17.1 Å². The van der Waals surface area contributed by atoms with Crippen LogP contribution in [0.25, 0.3) is 27.8 Å². The Bertz CT molecular complexity index is 1510. The van der Waals surface area contributed by atoms with E-state index in [4.69, 9.17) is 14.8 Å². The van der Waals surface area contributed by atoms with Crippen LogP contribution in [0.3, 0.4) is 0 Å². The van der Waals surface area contributed by atoms with Gasteiger partial charge in [-0.3, -0.25) is 9.59 Å². The molecule has 0 atom stereocenters. The zero-order valence-corrected chi connectivity index (χ0v) is 18.4. The van der Waals surface area contributed by atoms with E-state index in [9.17, 15) is 9.59 Å². The number of fused-ring (bicyclic) bond motifs is 1. The number of aryl methyl sites for hydroxylation is 1. The molecule has 7 nitrogen and oxygen atoms in total. The maximum Gasteiger partial charge on any atom is 0.258 e. The topological polar surface area (TPSA) is 77.3 Å². The Morgan fingerprint density at radius 2 is 1.65 bits per heavy atom. The minimum Gasteiger partial charge on any atom is -0.338 e. The van der Waals surface area contributed by atoms with E-state index in [0.29, 0.717) is 11.8 Å². The summed E-state index contributed by atoms with van der Waals surface area (Å²) in [5.74, 6) is 0.383. The normalized spacial score (nSPS) is 16.8. The lowest BCUT2D eigenvalue weighted by molar-refractivity contribution is -0.117. The predicted octanol–water partition coefficient (Wildman–Crippen LogP) is 4.15. The van der Waals surface area contributed by atoms with Crippen LogP contribution in [-0.2, 0) is 14.3 Å². The van der Waals surface area contributed by atoms with Crippen molar-refractivity contribution in [2.75, 3.05) is 11.5 Å². The van der Waals surface area contributed by atoms with E-state index in [1.165, 1.54) is 17.1 Å². The minimum absolute atomic E-state index is 0.132. The molecule has 3 aromatic carbocycles. The number of hydrogen-bond donors (Lipinski definition) is 0. The third kappa shape index (κ3) is 3.09. The molecule has 2 aliphatic rings. The largest absolute Gasteiger partial charge is 0.338 e. The van der Waals surface area contributed by atoms with E-state index in [0.717, 1.165) is 27.6 Å². The SMILES string of the molecule is Cc1ccccc1-n1nc(-c2cccc3ccccc23)nc1N1C(=O)COC12C=CC(=O)C=C2. The number of hydrogen-bond acceptors (Lipinski definition) is 5. The summed E-state index contributed by atoms with van der Waals surface area (Å²) in [5, 5.41) is 6.96. The number of nitrogens with zero attached hydrogens (tertiary/aromatic N) is 4. The van der Waals surface area contributed by atoms with E-state index in [1.54, 1.807) is 16.8 Å². The highest BCUT2D eigenvalue weighted by Crippen LogP contribution is 2.37. The van der Waals surface area contributed by atoms with Crippen LogP contribution in [0.15, 0.2) is 91.0 Å². The Hall–Kier alpha value is -4.36. The van der Waals surface area contributed by atoms with E-state index in [-0.39, 0.29) is 18.3 Å². The summed E-state index contributed by atoms with van der Waals surface area (Å²) in [5.41, 5.74) is 1.41. The summed E-state index contributed by atoms with van der Waals surface area (Å²) in [6.45, 7) is 1.85. The van der Waals surface area contributed by atoms with Gasteiger partial charge >= 0.3 is 0 Å². The molecule has 1 aliphatic heterocycles. The van der Waals surface area contributed by atoms with Crippen molar-refractivity contribution < 1.29 is 14.3 Å². The van der Waals surface area contributed by atoms with Gasteiger partial charge in [0, 0.05) is 5.56 Å². The first-order chi connectivity index (χ1) is 16.6. The van der Waals surface area contributed by atoms with Crippen molar-refractivity contribution in [3.63, 3.8) is 0 Å². The van der Waals surface area contributed by atoms with Gasteiger partial charge in [-0.25, -0.2) is 4.90 Å². The molecule has 1 amide bonds.